The molecule has 6 heteroatoms. The summed E-state index contributed by atoms with van der Waals surface area (Å²) in [6, 6.07) is 8.94. The van der Waals surface area contributed by atoms with E-state index in [9.17, 15) is 8.42 Å². The molecule has 0 fully saturated rings. The molecule has 0 saturated carbocycles. The maximum atomic E-state index is 11.4. The second-order valence-electron chi connectivity index (χ2n) is 4.91. The minimum Gasteiger partial charge on any atom is -0.492 e. The molecule has 1 aromatic carbocycles. The highest BCUT2D eigenvalue weighted by atomic mass is 32.2. The molecule has 0 aliphatic carbocycles. The lowest BCUT2D eigenvalue weighted by Crippen LogP contribution is -2.37. The van der Waals surface area contributed by atoms with Gasteiger partial charge in [0.15, 0.2) is 0 Å². The molecule has 0 heterocycles. The smallest absolute Gasteiger partial charge is 0.209 e. The standard InChI is InChI=1S/C14H20N2O3S/c1-3-14(4-2,11-20(16,17)18)10-19-13-8-6-5-7-12(13)9-15/h5-8H,3-4,10-11H2,1-2H3,(H2,16,17,18). The van der Waals surface area contributed by atoms with Crippen molar-refractivity contribution in [1.82, 2.24) is 0 Å². The molecule has 20 heavy (non-hydrogen) atoms. The zero-order chi connectivity index (χ0) is 15.2. The molecule has 1 rings (SSSR count). The summed E-state index contributed by atoms with van der Waals surface area (Å²) in [7, 11) is -3.57. The van der Waals surface area contributed by atoms with Crippen LogP contribution in [0.4, 0.5) is 0 Å². The molecule has 0 unspecified atom stereocenters. The van der Waals surface area contributed by atoms with E-state index in [-0.39, 0.29) is 12.4 Å². The van der Waals surface area contributed by atoms with E-state index < -0.39 is 15.4 Å². The molecular formula is C14H20N2O3S. The number of ether oxygens (including phenoxy) is 1. The van der Waals surface area contributed by atoms with Gasteiger partial charge < -0.3 is 4.74 Å². The molecule has 110 valence electrons. The van der Waals surface area contributed by atoms with Crippen LogP contribution >= 0.6 is 0 Å². The van der Waals surface area contributed by atoms with E-state index in [1.165, 1.54) is 0 Å². The van der Waals surface area contributed by atoms with E-state index in [0.717, 1.165) is 0 Å². The molecule has 2 N–H and O–H groups in total. The van der Waals surface area contributed by atoms with Crippen molar-refractivity contribution in [3.8, 4) is 11.8 Å². The van der Waals surface area contributed by atoms with Crippen molar-refractivity contribution < 1.29 is 13.2 Å². The molecule has 0 spiro atoms. The summed E-state index contributed by atoms with van der Waals surface area (Å²) >= 11 is 0. The molecule has 0 aliphatic rings. The Hall–Kier alpha value is -1.58. The third-order valence-electron chi connectivity index (χ3n) is 3.55. The van der Waals surface area contributed by atoms with Gasteiger partial charge in [-0.2, -0.15) is 5.26 Å². The van der Waals surface area contributed by atoms with E-state index in [0.29, 0.717) is 24.2 Å². The summed E-state index contributed by atoms with van der Waals surface area (Å²) in [6.45, 7) is 4.04. The van der Waals surface area contributed by atoms with Gasteiger partial charge in [-0.05, 0) is 25.0 Å². The van der Waals surface area contributed by atoms with Gasteiger partial charge in [0.1, 0.15) is 11.8 Å². The van der Waals surface area contributed by atoms with Crippen LogP contribution in [-0.2, 0) is 10.0 Å². The first-order chi connectivity index (χ1) is 9.36. The van der Waals surface area contributed by atoms with Crippen LogP contribution < -0.4 is 9.88 Å². The molecule has 0 radical (unpaired) electrons. The minimum atomic E-state index is -3.57. The zero-order valence-electron chi connectivity index (χ0n) is 11.8. The van der Waals surface area contributed by atoms with Crippen LogP contribution in [0, 0.1) is 16.7 Å². The molecule has 0 saturated heterocycles. The highest BCUT2D eigenvalue weighted by molar-refractivity contribution is 7.89. The summed E-state index contributed by atoms with van der Waals surface area (Å²) in [5, 5.41) is 14.2. The van der Waals surface area contributed by atoms with Crippen molar-refractivity contribution >= 4 is 10.0 Å². The first-order valence-corrected chi connectivity index (χ1v) is 8.20. The summed E-state index contributed by atoms with van der Waals surface area (Å²) in [6.07, 6.45) is 1.27. The SMILES string of the molecule is CCC(CC)(COc1ccccc1C#N)CS(N)(=O)=O. The van der Waals surface area contributed by atoms with E-state index in [1.807, 2.05) is 19.9 Å². The Morgan fingerprint density at radius 1 is 1.30 bits per heavy atom. The van der Waals surface area contributed by atoms with E-state index >= 15 is 0 Å². The fourth-order valence-electron chi connectivity index (χ4n) is 2.04. The minimum absolute atomic E-state index is 0.123. The summed E-state index contributed by atoms with van der Waals surface area (Å²) in [5.74, 6) is 0.345. The van der Waals surface area contributed by atoms with Crippen LogP contribution in [0.2, 0.25) is 0 Å². The lowest BCUT2D eigenvalue weighted by molar-refractivity contribution is 0.154. The summed E-state index contributed by atoms with van der Waals surface area (Å²) in [4.78, 5) is 0. The van der Waals surface area contributed by atoms with Gasteiger partial charge in [0.2, 0.25) is 10.0 Å². The number of hydrogen-bond donors (Lipinski definition) is 1. The molecule has 0 bridgehead atoms. The number of hydrogen-bond acceptors (Lipinski definition) is 4. The number of primary sulfonamides is 1. The predicted molar refractivity (Wildman–Crippen MR) is 77.6 cm³/mol. The molecule has 0 amide bonds. The maximum Gasteiger partial charge on any atom is 0.209 e. The molecule has 0 atom stereocenters. The molecular weight excluding hydrogens is 276 g/mol. The van der Waals surface area contributed by atoms with Crippen LogP contribution in [0.3, 0.4) is 0 Å². The second-order valence-corrected chi connectivity index (χ2v) is 6.53. The van der Waals surface area contributed by atoms with Crippen molar-refractivity contribution in [2.24, 2.45) is 10.6 Å². The third kappa shape index (κ3) is 4.51. The summed E-state index contributed by atoms with van der Waals surface area (Å²) in [5.41, 5.74) is -0.0971. The van der Waals surface area contributed by atoms with Crippen LogP contribution in [0.1, 0.15) is 32.3 Å². The lowest BCUT2D eigenvalue weighted by atomic mass is 9.85. The number of nitrogens with zero attached hydrogens (tertiary/aromatic N) is 1. The van der Waals surface area contributed by atoms with Crippen molar-refractivity contribution in [3.63, 3.8) is 0 Å². The number of para-hydroxylation sites is 1. The van der Waals surface area contributed by atoms with E-state index in [2.05, 4.69) is 0 Å². The molecule has 0 aliphatic heterocycles. The Kier molecular flexibility index (Phi) is 5.54. The maximum absolute atomic E-state index is 11.4. The fourth-order valence-corrected chi connectivity index (χ4v) is 3.39. The van der Waals surface area contributed by atoms with Crippen LogP contribution in [0.25, 0.3) is 0 Å². The quantitative estimate of drug-likeness (QED) is 0.833. The average molecular weight is 296 g/mol. The second kappa shape index (κ2) is 6.73. The molecule has 5 nitrogen and oxygen atoms in total. The van der Waals surface area contributed by atoms with Crippen molar-refractivity contribution in [3.05, 3.63) is 29.8 Å². The van der Waals surface area contributed by atoms with Crippen molar-refractivity contribution in [2.75, 3.05) is 12.4 Å². The van der Waals surface area contributed by atoms with Gasteiger partial charge in [-0.15, -0.1) is 0 Å². The van der Waals surface area contributed by atoms with Gasteiger partial charge >= 0.3 is 0 Å². The number of rotatable bonds is 7. The first-order valence-electron chi connectivity index (χ1n) is 6.48. The Balaban J connectivity index is 2.90. The monoisotopic (exact) mass is 296 g/mol. The van der Waals surface area contributed by atoms with Gasteiger partial charge in [0.25, 0.3) is 0 Å². The van der Waals surface area contributed by atoms with Gasteiger partial charge in [-0.1, -0.05) is 26.0 Å². The van der Waals surface area contributed by atoms with Crippen molar-refractivity contribution in [1.29, 1.82) is 5.26 Å². The number of benzene rings is 1. The zero-order valence-corrected chi connectivity index (χ0v) is 12.6. The van der Waals surface area contributed by atoms with Gasteiger partial charge in [-0.3, -0.25) is 0 Å². The van der Waals surface area contributed by atoms with Gasteiger partial charge in [0.05, 0.1) is 17.9 Å². The topological polar surface area (TPSA) is 93.2 Å². The Labute approximate surface area is 120 Å². The molecule has 0 aromatic heterocycles. The lowest BCUT2D eigenvalue weighted by Gasteiger charge is -2.30. The van der Waals surface area contributed by atoms with Crippen LogP contribution in [-0.4, -0.2) is 20.8 Å². The summed E-state index contributed by atoms with van der Waals surface area (Å²) < 4.78 is 28.4. The van der Waals surface area contributed by atoms with Crippen LogP contribution in [0.5, 0.6) is 5.75 Å². The third-order valence-corrected chi connectivity index (χ3v) is 4.56. The predicted octanol–water partition coefficient (Wildman–Crippen LogP) is 2.03. The van der Waals surface area contributed by atoms with E-state index in [4.69, 9.17) is 15.1 Å². The van der Waals surface area contributed by atoms with Gasteiger partial charge in [0, 0.05) is 5.41 Å². The van der Waals surface area contributed by atoms with Crippen molar-refractivity contribution in [2.45, 2.75) is 26.7 Å². The van der Waals surface area contributed by atoms with Crippen LogP contribution in [0.15, 0.2) is 24.3 Å². The Morgan fingerprint density at radius 2 is 1.90 bits per heavy atom. The highest BCUT2D eigenvalue weighted by Crippen LogP contribution is 2.29. The Morgan fingerprint density at radius 3 is 2.40 bits per heavy atom. The normalized spacial score (nSPS) is 11.9. The number of sulfonamides is 1. The highest BCUT2D eigenvalue weighted by Gasteiger charge is 2.32. The average Bonchev–Trinajstić information content (AvgIpc) is 2.42. The number of nitriles is 1. The van der Waals surface area contributed by atoms with E-state index in [1.54, 1.807) is 24.3 Å². The number of nitrogens with two attached hydrogens (primary N) is 1. The Bertz CT molecular complexity index is 587. The first kappa shape index (κ1) is 16.5. The fraction of sp³-hybridized carbons (Fsp3) is 0.500. The molecule has 1 aromatic rings. The largest absolute Gasteiger partial charge is 0.492 e. The van der Waals surface area contributed by atoms with Gasteiger partial charge in [-0.25, -0.2) is 13.6 Å².